The average molecular weight is 289 g/mol. The van der Waals surface area contributed by atoms with E-state index in [1.165, 1.54) is 31.2 Å². The molecule has 0 radical (unpaired) electrons. The van der Waals surface area contributed by atoms with E-state index in [-0.39, 0.29) is 5.54 Å². The Bertz CT molecular complexity index is 488. The molecular formula is C18H27NO2. The summed E-state index contributed by atoms with van der Waals surface area (Å²) in [6.45, 7) is 3.76. The van der Waals surface area contributed by atoms with Crippen molar-refractivity contribution in [1.29, 1.82) is 0 Å². The van der Waals surface area contributed by atoms with Gasteiger partial charge in [-0.15, -0.1) is 0 Å². The Labute approximate surface area is 127 Å². The first-order valence-corrected chi connectivity index (χ1v) is 8.40. The molecule has 0 bridgehead atoms. The predicted octanol–water partition coefficient (Wildman–Crippen LogP) is 3.99. The van der Waals surface area contributed by atoms with Crippen molar-refractivity contribution in [3.05, 3.63) is 23.8 Å². The Morgan fingerprint density at radius 3 is 2.71 bits per heavy atom. The molecule has 1 fully saturated rings. The number of benzene rings is 1. The third-order valence-electron chi connectivity index (χ3n) is 5.13. The number of fused-ring (bicyclic) bond motifs is 1. The highest BCUT2D eigenvalue weighted by Crippen LogP contribution is 2.40. The lowest BCUT2D eigenvalue weighted by atomic mass is 9.83. The molecule has 1 saturated carbocycles. The molecule has 2 atom stereocenters. The maximum absolute atomic E-state index is 6.77. The molecule has 0 spiro atoms. The Morgan fingerprint density at radius 2 is 1.90 bits per heavy atom. The van der Waals surface area contributed by atoms with E-state index in [2.05, 4.69) is 19.1 Å². The van der Waals surface area contributed by atoms with E-state index in [0.717, 1.165) is 49.9 Å². The first-order chi connectivity index (χ1) is 10.2. The maximum Gasteiger partial charge on any atom is 0.161 e. The van der Waals surface area contributed by atoms with Gasteiger partial charge in [-0.3, -0.25) is 0 Å². The molecule has 1 aromatic rings. The average Bonchev–Trinajstić information content (AvgIpc) is 2.85. The fourth-order valence-electron chi connectivity index (χ4n) is 3.61. The SMILES string of the molecule is CCC1CCCC(N)(c2ccc3c(c2)OCCCO3)CC1. The summed E-state index contributed by atoms with van der Waals surface area (Å²) >= 11 is 0. The van der Waals surface area contributed by atoms with Crippen LogP contribution in [0.2, 0.25) is 0 Å². The van der Waals surface area contributed by atoms with Crippen LogP contribution in [0.25, 0.3) is 0 Å². The molecule has 1 aromatic carbocycles. The summed E-state index contributed by atoms with van der Waals surface area (Å²) in [5.74, 6) is 2.57. The van der Waals surface area contributed by atoms with E-state index < -0.39 is 0 Å². The highest BCUT2D eigenvalue weighted by atomic mass is 16.5. The van der Waals surface area contributed by atoms with Crippen molar-refractivity contribution in [3.8, 4) is 11.5 Å². The van der Waals surface area contributed by atoms with Gasteiger partial charge in [0.2, 0.25) is 0 Å². The molecule has 0 aromatic heterocycles. The topological polar surface area (TPSA) is 44.5 Å². The molecule has 0 saturated heterocycles. The predicted molar refractivity (Wildman–Crippen MR) is 84.8 cm³/mol. The van der Waals surface area contributed by atoms with Gasteiger partial charge in [-0.05, 0) is 42.9 Å². The molecule has 3 nitrogen and oxygen atoms in total. The molecule has 0 amide bonds. The van der Waals surface area contributed by atoms with E-state index in [4.69, 9.17) is 15.2 Å². The summed E-state index contributed by atoms with van der Waals surface area (Å²) in [6.07, 6.45) is 8.15. The monoisotopic (exact) mass is 289 g/mol. The van der Waals surface area contributed by atoms with Gasteiger partial charge in [-0.25, -0.2) is 0 Å². The third kappa shape index (κ3) is 3.18. The van der Waals surface area contributed by atoms with E-state index in [0.29, 0.717) is 0 Å². The minimum Gasteiger partial charge on any atom is -0.490 e. The standard InChI is InChI=1S/C18H27NO2/c1-2-14-5-3-9-18(19,10-8-14)15-6-7-16-17(13-15)21-12-4-11-20-16/h6-7,13-14H,2-5,8-12,19H2,1H3. The van der Waals surface area contributed by atoms with Crippen LogP contribution in [0.15, 0.2) is 18.2 Å². The number of ether oxygens (including phenoxy) is 2. The molecule has 21 heavy (non-hydrogen) atoms. The molecule has 1 heterocycles. The molecule has 3 heteroatoms. The van der Waals surface area contributed by atoms with Gasteiger partial charge in [0.15, 0.2) is 11.5 Å². The Kier molecular flexibility index (Phi) is 4.39. The van der Waals surface area contributed by atoms with Crippen molar-refractivity contribution in [2.24, 2.45) is 11.7 Å². The number of nitrogens with two attached hydrogens (primary N) is 1. The van der Waals surface area contributed by atoms with Crippen LogP contribution < -0.4 is 15.2 Å². The second-order valence-electron chi connectivity index (χ2n) is 6.57. The highest BCUT2D eigenvalue weighted by Gasteiger charge is 2.31. The third-order valence-corrected chi connectivity index (χ3v) is 5.13. The zero-order valence-corrected chi connectivity index (χ0v) is 13.1. The van der Waals surface area contributed by atoms with Crippen LogP contribution in [0.4, 0.5) is 0 Å². The van der Waals surface area contributed by atoms with Crippen LogP contribution in [-0.4, -0.2) is 13.2 Å². The van der Waals surface area contributed by atoms with Gasteiger partial charge in [-0.2, -0.15) is 0 Å². The molecular weight excluding hydrogens is 262 g/mol. The van der Waals surface area contributed by atoms with Crippen LogP contribution in [-0.2, 0) is 5.54 Å². The Morgan fingerprint density at radius 1 is 1.10 bits per heavy atom. The molecule has 116 valence electrons. The second-order valence-corrected chi connectivity index (χ2v) is 6.57. The zero-order valence-electron chi connectivity index (χ0n) is 13.1. The van der Waals surface area contributed by atoms with Crippen molar-refractivity contribution in [1.82, 2.24) is 0 Å². The summed E-state index contributed by atoms with van der Waals surface area (Å²) in [4.78, 5) is 0. The van der Waals surface area contributed by atoms with E-state index in [1.54, 1.807) is 0 Å². The van der Waals surface area contributed by atoms with E-state index in [9.17, 15) is 0 Å². The van der Waals surface area contributed by atoms with Gasteiger partial charge in [-0.1, -0.05) is 32.3 Å². The van der Waals surface area contributed by atoms with E-state index in [1.807, 2.05) is 6.07 Å². The Balaban J connectivity index is 1.83. The molecule has 2 aliphatic rings. The van der Waals surface area contributed by atoms with Gasteiger partial charge in [0.05, 0.1) is 13.2 Å². The van der Waals surface area contributed by atoms with Crippen molar-refractivity contribution < 1.29 is 9.47 Å². The fourth-order valence-corrected chi connectivity index (χ4v) is 3.61. The molecule has 2 unspecified atom stereocenters. The minimum atomic E-state index is -0.200. The lowest BCUT2D eigenvalue weighted by molar-refractivity contribution is 0.296. The number of rotatable bonds is 2. The zero-order chi connectivity index (χ0) is 14.7. The largest absolute Gasteiger partial charge is 0.490 e. The normalized spacial score (nSPS) is 29.5. The van der Waals surface area contributed by atoms with Gasteiger partial charge < -0.3 is 15.2 Å². The van der Waals surface area contributed by atoms with Crippen molar-refractivity contribution in [3.63, 3.8) is 0 Å². The van der Waals surface area contributed by atoms with Gasteiger partial charge in [0.25, 0.3) is 0 Å². The summed E-state index contributed by atoms with van der Waals surface area (Å²) in [7, 11) is 0. The summed E-state index contributed by atoms with van der Waals surface area (Å²) in [5, 5.41) is 0. The lowest BCUT2D eigenvalue weighted by Crippen LogP contribution is -2.36. The fraction of sp³-hybridized carbons (Fsp3) is 0.667. The van der Waals surface area contributed by atoms with Crippen LogP contribution in [0.1, 0.15) is 57.4 Å². The Hall–Kier alpha value is -1.22. The van der Waals surface area contributed by atoms with Gasteiger partial charge >= 0.3 is 0 Å². The number of hydrogen-bond acceptors (Lipinski definition) is 3. The molecule has 1 aliphatic heterocycles. The van der Waals surface area contributed by atoms with Crippen molar-refractivity contribution >= 4 is 0 Å². The minimum absolute atomic E-state index is 0.200. The van der Waals surface area contributed by atoms with Crippen molar-refractivity contribution in [2.45, 2.75) is 57.4 Å². The van der Waals surface area contributed by atoms with E-state index >= 15 is 0 Å². The van der Waals surface area contributed by atoms with Crippen molar-refractivity contribution in [2.75, 3.05) is 13.2 Å². The van der Waals surface area contributed by atoms with Crippen LogP contribution in [0.5, 0.6) is 11.5 Å². The summed E-state index contributed by atoms with van der Waals surface area (Å²) in [6, 6.07) is 6.29. The quantitative estimate of drug-likeness (QED) is 0.837. The van der Waals surface area contributed by atoms with Gasteiger partial charge in [0.1, 0.15) is 0 Å². The smallest absolute Gasteiger partial charge is 0.161 e. The number of hydrogen-bond donors (Lipinski definition) is 1. The highest BCUT2D eigenvalue weighted by molar-refractivity contribution is 5.45. The maximum atomic E-state index is 6.77. The first-order valence-electron chi connectivity index (χ1n) is 8.40. The van der Waals surface area contributed by atoms with Crippen LogP contribution >= 0.6 is 0 Å². The lowest BCUT2D eigenvalue weighted by Gasteiger charge is -2.29. The first kappa shape index (κ1) is 14.7. The summed E-state index contributed by atoms with van der Waals surface area (Å²) in [5.41, 5.74) is 7.78. The second kappa shape index (κ2) is 6.27. The van der Waals surface area contributed by atoms with Gasteiger partial charge in [0, 0.05) is 12.0 Å². The molecule has 2 N–H and O–H groups in total. The summed E-state index contributed by atoms with van der Waals surface area (Å²) < 4.78 is 11.5. The van der Waals surface area contributed by atoms with Crippen LogP contribution in [0, 0.1) is 5.92 Å². The molecule has 3 rings (SSSR count). The van der Waals surface area contributed by atoms with Crippen LogP contribution in [0.3, 0.4) is 0 Å². The molecule has 1 aliphatic carbocycles.